The second-order valence-electron chi connectivity index (χ2n) is 6.51. The average Bonchev–Trinajstić information content (AvgIpc) is 3.16. The van der Waals surface area contributed by atoms with E-state index in [9.17, 15) is 4.79 Å². The maximum atomic E-state index is 12.5. The highest BCUT2D eigenvalue weighted by molar-refractivity contribution is 5.93. The number of hydrogen-bond acceptors (Lipinski definition) is 4. The van der Waals surface area contributed by atoms with Crippen LogP contribution in [-0.4, -0.2) is 54.6 Å². The van der Waals surface area contributed by atoms with Gasteiger partial charge < -0.3 is 14.1 Å². The summed E-state index contributed by atoms with van der Waals surface area (Å²) in [5.74, 6) is 0.0287. The molecule has 24 heavy (non-hydrogen) atoms. The molecule has 5 nitrogen and oxygen atoms in total. The second kappa shape index (κ2) is 6.79. The highest BCUT2D eigenvalue weighted by Gasteiger charge is 2.28. The summed E-state index contributed by atoms with van der Waals surface area (Å²) in [7, 11) is 0. The number of rotatable bonds is 3. The van der Waals surface area contributed by atoms with E-state index in [2.05, 4.69) is 29.2 Å². The Kier molecular flexibility index (Phi) is 4.36. The van der Waals surface area contributed by atoms with Crippen molar-refractivity contribution < 1.29 is 13.9 Å². The van der Waals surface area contributed by atoms with Crippen LogP contribution in [-0.2, 0) is 17.7 Å². The van der Waals surface area contributed by atoms with Gasteiger partial charge in [0.15, 0.2) is 0 Å². The molecule has 0 spiro atoms. The molecule has 1 atom stereocenters. The first-order valence-corrected chi connectivity index (χ1v) is 8.52. The molecule has 1 aromatic heterocycles. The number of nitrogens with zero attached hydrogens (tertiary/aromatic N) is 2. The van der Waals surface area contributed by atoms with Crippen molar-refractivity contribution in [3.63, 3.8) is 0 Å². The summed E-state index contributed by atoms with van der Waals surface area (Å²) in [6.45, 7) is 4.76. The van der Waals surface area contributed by atoms with Gasteiger partial charge in [-0.2, -0.15) is 0 Å². The number of carbonyl (C=O) groups is 1. The van der Waals surface area contributed by atoms with E-state index in [1.807, 2.05) is 4.90 Å². The Balaban J connectivity index is 1.36. The van der Waals surface area contributed by atoms with Gasteiger partial charge in [0.1, 0.15) is 6.26 Å². The molecule has 0 bridgehead atoms. The van der Waals surface area contributed by atoms with Gasteiger partial charge in [0.05, 0.1) is 24.5 Å². The molecule has 2 aliphatic heterocycles. The Hall–Kier alpha value is -2.11. The van der Waals surface area contributed by atoms with Crippen molar-refractivity contribution in [1.82, 2.24) is 9.80 Å². The summed E-state index contributed by atoms with van der Waals surface area (Å²) in [4.78, 5) is 16.8. The standard InChI is InChI=1S/C19H22N2O3/c22-19(17-6-9-23-14-17)21-8-10-24-18(13-21)12-20-7-5-15-3-1-2-4-16(15)11-20/h1-4,6,9,14,18H,5,7-8,10-13H2. The van der Waals surface area contributed by atoms with Crippen molar-refractivity contribution in [2.75, 3.05) is 32.8 Å². The highest BCUT2D eigenvalue weighted by Crippen LogP contribution is 2.20. The number of amides is 1. The minimum Gasteiger partial charge on any atom is -0.472 e. The van der Waals surface area contributed by atoms with E-state index >= 15 is 0 Å². The average molecular weight is 326 g/mol. The minimum absolute atomic E-state index is 0.0287. The quantitative estimate of drug-likeness (QED) is 0.867. The largest absolute Gasteiger partial charge is 0.472 e. The Bertz CT molecular complexity index is 698. The Morgan fingerprint density at radius 3 is 2.88 bits per heavy atom. The molecule has 1 fully saturated rings. The smallest absolute Gasteiger partial charge is 0.257 e. The summed E-state index contributed by atoms with van der Waals surface area (Å²) >= 11 is 0. The van der Waals surface area contributed by atoms with Crippen LogP contribution in [0.2, 0.25) is 0 Å². The van der Waals surface area contributed by atoms with Gasteiger partial charge in [0.25, 0.3) is 5.91 Å². The zero-order chi connectivity index (χ0) is 16.4. The predicted molar refractivity (Wildman–Crippen MR) is 89.8 cm³/mol. The van der Waals surface area contributed by atoms with Crippen molar-refractivity contribution in [2.45, 2.75) is 19.1 Å². The second-order valence-corrected chi connectivity index (χ2v) is 6.51. The van der Waals surface area contributed by atoms with Crippen LogP contribution >= 0.6 is 0 Å². The maximum absolute atomic E-state index is 12.5. The van der Waals surface area contributed by atoms with Gasteiger partial charge in [0, 0.05) is 32.7 Å². The third-order valence-corrected chi connectivity index (χ3v) is 4.87. The van der Waals surface area contributed by atoms with Crippen LogP contribution < -0.4 is 0 Å². The van der Waals surface area contributed by atoms with Gasteiger partial charge in [-0.1, -0.05) is 24.3 Å². The van der Waals surface area contributed by atoms with Crippen LogP contribution in [0.1, 0.15) is 21.5 Å². The highest BCUT2D eigenvalue weighted by atomic mass is 16.5. The normalized spacial score (nSPS) is 21.5. The number of hydrogen-bond donors (Lipinski definition) is 0. The summed E-state index contributed by atoms with van der Waals surface area (Å²) in [6, 6.07) is 10.4. The number of ether oxygens (including phenoxy) is 1. The maximum Gasteiger partial charge on any atom is 0.257 e. The lowest BCUT2D eigenvalue weighted by molar-refractivity contribution is -0.0374. The number of fused-ring (bicyclic) bond motifs is 1. The molecule has 0 saturated carbocycles. The van der Waals surface area contributed by atoms with Crippen LogP contribution in [0.15, 0.2) is 47.3 Å². The van der Waals surface area contributed by atoms with Crippen molar-refractivity contribution in [3.05, 3.63) is 59.5 Å². The fraction of sp³-hybridized carbons (Fsp3) is 0.421. The zero-order valence-corrected chi connectivity index (χ0v) is 13.7. The zero-order valence-electron chi connectivity index (χ0n) is 13.7. The van der Waals surface area contributed by atoms with Crippen molar-refractivity contribution in [1.29, 1.82) is 0 Å². The lowest BCUT2D eigenvalue weighted by Crippen LogP contribution is -2.50. The first kappa shape index (κ1) is 15.4. The molecule has 0 aliphatic carbocycles. The molecular weight excluding hydrogens is 304 g/mol. The number of carbonyl (C=O) groups excluding carboxylic acids is 1. The molecule has 3 heterocycles. The van der Waals surface area contributed by atoms with Crippen LogP contribution in [0.3, 0.4) is 0 Å². The fourth-order valence-corrected chi connectivity index (χ4v) is 3.58. The molecule has 4 rings (SSSR count). The molecule has 126 valence electrons. The van der Waals surface area contributed by atoms with Crippen LogP contribution in [0.5, 0.6) is 0 Å². The minimum atomic E-state index is 0.0287. The van der Waals surface area contributed by atoms with E-state index < -0.39 is 0 Å². The van der Waals surface area contributed by atoms with Crippen molar-refractivity contribution in [2.24, 2.45) is 0 Å². The molecular formula is C19H22N2O3. The Morgan fingerprint density at radius 1 is 1.17 bits per heavy atom. The molecule has 1 amide bonds. The van der Waals surface area contributed by atoms with Gasteiger partial charge in [0.2, 0.25) is 0 Å². The summed E-state index contributed by atoms with van der Waals surface area (Å²) in [5, 5.41) is 0. The van der Waals surface area contributed by atoms with E-state index in [0.29, 0.717) is 25.3 Å². The van der Waals surface area contributed by atoms with E-state index in [1.165, 1.54) is 23.7 Å². The Morgan fingerprint density at radius 2 is 2.04 bits per heavy atom. The van der Waals surface area contributed by atoms with E-state index in [0.717, 1.165) is 26.1 Å². The van der Waals surface area contributed by atoms with Gasteiger partial charge in [-0.25, -0.2) is 0 Å². The van der Waals surface area contributed by atoms with Crippen LogP contribution in [0, 0.1) is 0 Å². The monoisotopic (exact) mass is 326 g/mol. The molecule has 1 aromatic carbocycles. The first-order valence-electron chi connectivity index (χ1n) is 8.52. The summed E-state index contributed by atoms with van der Waals surface area (Å²) < 4.78 is 10.9. The van der Waals surface area contributed by atoms with E-state index in [-0.39, 0.29) is 12.0 Å². The molecule has 2 aliphatic rings. The predicted octanol–water partition coefficient (Wildman–Crippen LogP) is 2.18. The molecule has 2 aromatic rings. The van der Waals surface area contributed by atoms with Gasteiger partial charge in [-0.15, -0.1) is 0 Å². The topological polar surface area (TPSA) is 45.9 Å². The Labute approximate surface area is 141 Å². The van der Waals surface area contributed by atoms with E-state index in [1.54, 1.807) is 6.07 Å². The molecule has 1 saturated heterocycles. The SMILES string of the molecule is O=C(c1ccoc1)N1CCOC(CN2CCc3ccccc3C2)C1. The van der Waals surface area contributed by atoms with Crippen molar-refractivity contribution in [3.8, 4) is 0 Å². The summed E-state index contributed by atoms with van der Waals surface area (Å²) in [5.41, 5.74) is 3.48. The lowest BCUT2D eigenvalue weighted by atomic mass is 9.99. The third kappa shape index (κ3) is 3.23. The number of morpholine rings is 1. The third-order valence-electron chi connectivity index (χ3n) is 4.87. The van der Waals surface area contributed by atoms with Crippen LogP contribution in [0.4, 0.5) is 0 Å². The molecule has 0 radical (unpaired) electrons. The molecule has 1 unspecified atom stereocenters. The fourth-order valence-electron chi connectivity index (χ4n) is 3.58. The lowest BCUT2D eigenvalue weighted by Gasteiger charge is -2.37. The molecule has 5 heteroatoms. The van der Waals surface area contributed by atoms with Gasteiger partial charge >= 0.3 is 0 Å². The molecule has 0 N–H and O–H groups in total. The number of furan rings is 1. The van der Waals surface area contributed by atoms with Gasteiger partial charge in [-0.3, -0.25) is 9.69 Å². The first-order chi connectivity index (χ1) is 11.8. The van der Waals surface area contributed by atoms with E-state index in [4.69, 9.17) is 9.15 Å². The van der Waals surface area contributed by atoms with Gasteiger partial charge in [-0.05, 0) is 23.6 Å². The summed E-state index contributed by atoms with van der Waals surface area (Å²) in [6.07, 6.45) is 4.20. The number of benzene rings is 1. The van der Waals surface area contributed by atoms with Crippen molar-refractivity contribution >= 4 is 5.91 Å². The van der Waals surface area contributed by atoms with Crippen LogP contribution in [0.25, 0.3) is 0 Å².